The molecule has 0 fully saturated rings. The number of halogens is 3. The second-order valence-corrected chi connectivity index (χ2v) is 5.00. The zero-order valence-corrected chi connectivity index (χ0v) is 11.4. The van der Waals surface area contributed by atoms with Crippen LogP contribution in [0.3, 0.4) is 0 Å². The average Bonchev–Trinajstić information content (AvgIpc) is 2.87. The number of aromatic nitrogens is 2. The molecule has 1 aromatic heterocycles. The number of rotatable bonds is 3. The van der Waals surface area contributed by atoms with Gasteiger partial charge in [-0.25, -0.2) is 18.0 Å². The van der Waals surface area contributed by atoms with Gasteiger partial charge in [0.15, 0.2) is 23.1 Å². The standard InChI is InChI=1S/C14H12F3N3O2/c15-9-2-1-7(11(16)12(9)17)6-20-10-3-4-18-5-8(10)13(19-20)14(21)22/h1-2,18H,3-6H2,(H,21,22). The van der Waals surface area contributed by atoms with Gasteiger partial charge in [0.25, 0.3) is 0 Å². The van der Waals surface area contributed by atoms with Gasteiger partial charge in [0.2, 0.25) is 0 Å². The molecule has 0 saturated carbocycles. The van der Waals surface area contributed by atoms with Crippen molar-refractivity contribution in [2.75, 3.05) is 6.54 Å². The number of hydrogen-bond donors (Lipinski definition) is 2. The van der Waals surface area contributed by atoms with E-state index in [0.29, 0.717) is 30.8 Å². The van der Waals surface area contributed by atoms with Gasteiger partial charge in [0, 0.05) is 36.3 Å². The van der Waals surface area contributed by atoms with Gasteiger partial charge in [-0.2, -0.15) is 5.10 Å². The maximum Gasteiger partial charge on any atom is 0.356 e. The molecule has 1 aromatic carbocycles. The molecule has 0 bridgehead atoms. The average molecular weight is 311 g/mol. The Morgan fingerprint density at radius 1 is 1.32 bits per heavy atom. The van der Waals surface area contributed by atoms with Crippen LogP contribution in [0.5, 0.6) is 0 Å². The van der Waals surface area contributed by atoms with E-state index < -0.39 is 23.4 Å². The predicted octanol–water partition coefficient (Wildman–Crippen LogP) is 1.69. The monoisotopic (exact) mass is 311 g/mol. The van der Waals surface area contributed by atoms with Gasteiger partial charge in [0.05, 0.1) is 6.54 Å². The van der Waals surface area contributed by atoms with Crippen LogP contribution in [0.2, 0.25) is 0 Å². The van der Waals surface area contributed by atoms with E-state index in [0.717, 1.165) is 12.1 Å². The lowest BCUT2D eigenvalue weighted by Crippen LogP contribution is -2.25. The minimum absolute atomic E-state index is 0.0836. The molecule has 2 N–H and O–H groups in total. The van der Waals surface area contributed by atoms with Crippen molar-refractivity contribution in [2.24, 2.45) is 0 Å². The van der Waals surface area contributed by atoms with Gasteiger partial charge in [-0.05, 0) is 6.07 Å². The van der Waals surface area contributed by atoms with E-state index in [9.17, 15) is 18.0 Å². The van der Waals surface area contributed by atoms with E-state index in [-0.39, 0.29) is 17.8 Å². The molecular formula is C14H12F3N3O2. The van der Waals surface area contributed by atoms with Crippen molar-refractivity contribution in [3.05, 3.63) is 52.1 Å². The number of aromatic carboxylic acids is 1. The molecule has 5 nitrogen and oxygen atoms in total. The number of nitrogens with zero attached hydrogens (tertiary/aromatic N) is 2. The second-order valence-electron chi connectivity index (χ2n) is 5.00. The molecule has 1 aliphatic heterocycles. The lowest BCUT2D eigenvalue weighted by atomic mass is 10.1. The highest BCUT2D eigenvalue weighted by molar-refractivity contribution is 5.87. The molecule has 2 heterocycles. The summed E-state index contributed by atoms with van der Waals surface area (Å²) in [7, 11) is 0. The molecule has 0 saturated heterocycles. The molecule has 0 unspecified atom stereocenters. The molecule has 3 rings (SSSR count). The fourth-order valence-corrected chi connectivity index (χ4v) is 2.57. The summed E-state index contributed by atoms with van der Waals surface area (Å²) in [4.78, 5) is 11.2. The molecule has 0 radical (unpaired) electrons. The lowest BCUT2D eigenvalue weighted by molar-refractivity contribution is 0.0688. The summed E-state index contributed by atoms with van der Waals surface area (Å²) in [5.41, 5.74) is 1.02. The van der Waals surface area contributed by atoms with Crippen LogP contribution in [0, 0.1) is 17.5 Å². The Bertz CT molecular complexity index is 758. The largest absolute Gasteiger partial charge is 0.476 e. The van der Waals surface area contributed by atoms with Crippen molar-refractivity contribution >= 4 is 5.97 Å². The summed E-state index contributed by atoms with van der Waals surface area (Å²) < 4.78 is 41.3. The van der Waals surface area contributed by atoms with Crippen LogP contribution < -0.4 is 5.32 Å². The third-order valence-corrected chi connectivity index (χ3v) is 3.64. The van der Waals surface area contributed by atoms with Crippen molar-refractivity contribution < 1.29 is 23.1 Å². The number of carboxylic acid groups (broad SMARTS) is 1. The Balaban J connectivity index is 2.03. The zero-order valence-electron chi connectivity index (χ0n) is 11.4. The van der Waals surface area contributed by atoms with Gasteiger partial charge >= 0.3 is 5.97 Å². The molecule has 2 aromatic rings. The predicted molar refractivity (Wildman–Crippen MR) is 70.0 cm³/mol. The van der Waals surface area contributed by atoms with Gasteiger partial charge in [-0.1, -0.05) is 6.07 Å². The van der Waals surface area contributed by atoms with Crippen LogP contribution in [0.15, 0.2) is 12.1 Å². The van der Waals surface area contributed by atoms with E-state index in [1.54, 1.807) is 0 Å². The van der Waals surface area contributed by atoms with Gasteiger partial charge in [-0.3, -0.25) is 4.68 Å². The smallest absolute Gasteiger partial charge is 0.356 e. The number of carboxylic acids is 1. The molecule has 8 heteroatoms. The zero-order chi connectivity index (χ0) is 15.9. The first-order chi connectivity index (χ1) is 10.5. The minimum Gasteiger partial charge on any atom is -0.476 e. The molecule has 22 heavy (non-hydrogen) atoms. The summed E-state index contributed by atoms with van der Waals surface area (Å²) in [6.45, 7) is 0.841. The van der Waals surface area contributed by atoms with Crippen molar-refractivity contribution in [1.29, 1.82) is 0 Å². The normalized spacial score (nSPS) is 14.0. The molecular weight excluding hydrogens is 299 g/mol. The first-order valence-electron chi connectivity index (χ1n) is 6.64. The Labute approximate surface area is 123 Å². The topological polar surface area (TPSA) is 67.1 Å². The van der Waals surface area contributed by atoms with E-state index in [4.69, 9.17) is 5.11 Å². The molecule has 1 aliphatic rings. The first kappa shape index (κ1) is 14.6. The summed E-state index contributed by atoms with van der Waals surface area (Å²) in [6, 6.07) is 1.96. The Morgan fingerprint density at radius 3 is 2.82 bits per heavy atom. The summed E-state index contributed by atoms with van der Waals surface area (Å²) in [5, 5.41) is 16.2. The third-order valence-electron chi connectivity index (χ3n) is 3.64. The van der Waals surface area contributed by atoms with Crippen LogP contribution in [-0.4, -0.2) is 27.4 Å². The lowest BCUT2D eigenvalue weighted by Gasteiger charge is -2.15. The fraction of sp³-hybridized carbons (Fsp3) is 0.286. The number of hydrogen-bond acceptors (Lipinski definition) is 3. The Morgan fingerprint density at radius 2 is 2.09 bits per heavy atom. The highest BCUT2D eigenvalue weighted by Gasteiger charge is 2.25. The third kappa shape index (κ3) is 2.35. The first-order valence-corrected chi connectivity index (χ1v) is 6.64. The van der Waals surface area contributed by atoms with E-state index in [2.05, 4.69) is 10.4 Å². The summed E-state index contributed by atoms with van der Waals surface area (Å²) >= 11 is 0. The van der Waals surface area contributed by atoms with E-state index in [1.807, 2.05) is 0 Å². The quantitative estimate of drug-likeness (QED) is 0.847. The van der Waals surface area contributed by atoms with Gasteiger partial charge in [-0.15, -0.1) is 0 Å². The summed E-state index contributed by atoms with van der Waals surface area (Å²) in [5.74, 6) is -5.27. The van der Waals surface area contributed by atoms with E-state index >= 15 is 0 Å². The maximum atomic E-state index is 13.8. The minimum atomic E-state index is -1.54. The number of carbonyl (C=O) groups is 1. The number of benzene rings is 1. The molecule has 0 amide bonds. The molecule has 116 valence electrons. The summed E-state index contributed by atoms with van der Waals surface area (Å²) in [6.07, 6.45) is 0.529. The van der Waals surface area contributed by atoms with Crippen molar-refractivity contribution in [3.8, 4) is 0 Å². The van der Waals surface area contributed by atoms with Crippen LogP contribution in [0.25, 0.3) is 0 Å². The number of nitrogens with one attached hydrogen (secondary N) is 1. The van der Waals surface area contributed by atoms with E-state index in [1.165, 1.54) is 4.68 Å². The maximum absolute atomic E-state index is 13.8. The Hall–Kier alpha value is -2.35. The fourth-order valence-electron chi connectivity index (χ4n) is 2.57. The molecule has 0 aliphatic carbocycles. The van der Waals surface area contributed by atoms with Crippen molar-refractivity contribution in [3.63, 3.8) is 0 Å². The molecule has 0 atom stereocenters. The second kappa shape index (κ2) is 5.45. The Kier molecular flexibility index (Phi) is 3.61. The van der Waals surface area contributed by atoms with Crippen LogP contribution in [-0.2, 0) is 19.5 Å². The van der Waals surface area contributed by atoms with Gasteiger partial charge < -0.3 is 10.4 Å². The van der Waals surface area contributed by atoms with Gasteiger partial charge in [0.1, 0.15) is 0 Å². The van der Waals surface area contributed by atoms with Crippen LogP contribution in [0.1, 0.15) is 27.3 Å². The van der Waals surface area contributed by atoms with Crippen molar-refractivity contribution in [1.82, 2.24) is 15.1 Å². The van der Waals surface area contributed by atoms with Crippen molar-refractivity contribution in [2.45, 2.75) is 19.5 Å². The highest BCUT2D eigenvalue weighted by atomic mass is 19.2. The number of fused-ring (bicyclic) bond motifs is 1. The molecule has 0 spiro atoms. The SMILES string of the molecule is O=C(O)c1nn(Cc2ccc(F)c(F)c2F)c2c1CNCC2. The van der Waals surface area contributed by atoms with Crippen LogP contribution >= 0.6 is 0 Å². The highest BCUT2D eigenvalue weighted by Crippen LogP contribution is 2.22. The van der Waals surface area contributed by atoms with Crippen LogP contribution in [0.4, 0.5) is 13.2 Å².